The Morgan fingerprint density at radius 2 is 1.87 bits per heavy atom. The van der Waals surface area contributed by atoms with E-state index in [0.717, 1.165) is 0 Å². The van der Waals surface area contributed by atoms with Gasteiger partial charge in [0.05, 0.1) is 17.3 Å². The van der Waals surface area contributed by atoms with Crippen LogP contribution < -0.4 is 15.2 Å². The molecule has 0 aliphatic carbocycles. The maximum Gasteiger partial charge on any atom is 0.573 e. The highest BCUT2D eigenvalue weighted by Crippen LogP contribution is 2.42. The van der Waals surface area contributed by atoms with Crippen LogP contribution in [-0.4, -0.2) is 13.5 Å². The lowest BCUT2D eigenvalue weighted by atomic mass is 10.3. The van der Waals surface area contributed by atoms with Gasteiger partial charge in [-0.3, -0.25) is 0 Å². The lowest BCUT2D eigenvalue weighted by Gasteiger charge is -2.15. The molecule has 0 bridgehead atoms. The van der Waals surface area contributed by atoms with Gasteiger partial charge in [-0.25, -0.2) is 0 Å². The Balaban J connectivity index is 3.20. The van der Waals surface area contributed by atoms with Crippen molar-refractivity contribution in [2.24, 2.45) is 0 Å². The zero-order valence-electron chi connectivity index (χ0n) is 7.56. The number of rotatable bonds is 2. The molecule has 15 heavy (non-hydrogen) atoms. The van der Waals surface area contributed by atoms with E-state index in [1.165, 1.54) is 19.2 Å². The van der Waals surface area contributed by atoms with Crippen LogP contribution in [0.3, 0.4) is 0 Å². The first-order chi connectivity index (χ1) is 6.85. The predicted octanol–water partition coefficient (Wildman–Crippen LogP) is 2.94. The van der Waals surface area contributed by atoms with Gasteiger partial charge in [0, 0.05) is 0 Å². The highest BCUT2D eigenvalue weighted by molar-refractivity contribution is 9.10. The summed E-state index contributed by atoms with van der Waals surface area (Å²) in [7, 11) is 1.22. The van der Waals surface area contributed by atoms with Crippen molar-refractivity contribution in [2.45, 2.75) is 6.36 Å². The van der Waals surface area contributed by atoms with E-state index in [2.05, 4.69) is 20.7 Å². The van der Waals surface area contributed by atoms with E-state index < -0.39 is 12.1 Å². The minimum absolute atomic E-state index is 0.0904. The summed E-state index contributed by atoms with van der Waals surface area (Å²) < 4.78 is 44.9. The molecule has 0 saturated heterocycles. The molecule has 1 rings (SSSR count). The second kappa shape index (κ2) is 4.18. The summed E-state index contributed by atoms with van der Waals surface area (Å²) in [6.45, 7) is 0. The highest BCUT2D eigenvalue weighted by atomic mass is 79.9. The quantitative estimate of drug-likeness (QED) is 0.850. The molecule has 0 radical (unpaired) electrons. The summed E-state index contributed by atoms with van der Waals surface area (Å²) >= 11 is 3.02. The number of halogens is 4. The first-order valence-electron chi connectivity index (χ1n) is 3.73. The Morgan fingerprint density at radius 3 is 2.33 bits per heavy atom. The number of anilines is 1. The van der Waals surface area contributed by atoms with Crippen molar-refractivity contribution < 1.29 is 22.6 Å². The van der Waals surface area contributed by atoms with E-state index in [1.54, 1.807) is 0 Å². The Kier molecular flexibility index (Phi) is 3.33. The summed E-state index contributed by atoms with van der Waals surface area (Å²) in [5, 5.41) is 0. The van der Waals surface area contributed by atoms with Crippen molar-refractivity contribution in [1.82, 2.24) is 0 Å². The number of nitrogens with two attached hydrogens (primary N) is 1. The van der Waals surface area contributed by atoms with Gasteiger partial charge in [-0.1, -0.05) is 0 Å². The monoisotopic (exact) mass is 285 g/mol. The van der Waals surface area contributed by atoms with Gasteiger partial charge in [0.25, 0.3) is 0 Å². The predicted molar refractivity (Wildman–Crippen MR) is 51.8 cm³/mol. The minimum Gasteiger partial charge on any atom is -0.492 e. The molecule has 1 aromatic rings. The number of hydrogen-bond donors (Lipinski definition) is 1. The standard InChI is InChI=1S/C8H7BrF3NO2/c1-14-6-4(9)2-3-5(13)7(6)15-8(10,11)12/h2-3H,13H2,1H3. The van der Waals surface area contributed by atoms with E-state index in [1.807, 2.05) is 0 Å². The molecule has 0 spiro atoms. The average Bonchev–Trinajstić information content (AvgIpc) is 2.10. The van der Waals surface area contributed by atoms with Gasteiger partial charge in [-0.05, 0) is 28.1 Å². The lowest BCUT2D eigenvalue weighted by molar-refractivity contribution is -0.274. The van der Waals surface area contributed by atoms with Crippen LogP contribution in [-0.2, 0) is 0 Å². The maximum atomic E-state index is 12.0. The minimum atomic E-state index is -4.80. The zero-order chi connectivity index (χ0) is 11.6. The fourth-order valence-electron chi connectivity index (χ4n) is 0.965. The molecule has 0 heterocycles. The summed E-state index contributed by atoms with van der Waals surface area (Å²) in [5.74, 6) is -0.633. The second-order valence-corrected chi connectivity index (χ2v) is 3.40. The molecule has 0 fully saturated rings. The molecule has 1 aromatic carbocycles. The van der Waals surface area contributed by atoms with Gasteiger partial charge in [0.15, 0.2) is 11.5 Å². The molecule has 0 amide bonds. The highest BCUT2D eigenvalue weighted by Gasteiger charge is 2.34. The smallest absolute Gasteiger partial charge is 0.492 e. The molecule has 0 aliphatic rings. The lowest BCUT2D eigenvalue weighted by Crippen LogP contribution is -2.18. The van der Waals surface area contributed by atoms with Gasteiger partial charge < -0.3 is 15.2 Å². The molecule has 2 N–H and O–H groups in total. The molecule has 84 valence electrons. The van der Waals surface area contributed by atoms with Crippen LogP contribution in [0.2, 0.25) is 0 Å². The normalized spacial score (nSPS) is 11.3. The van der Waals surface area contributed by atoms with Gasteiger partial charge in [0.2, 0.25) is 0 Å². The average molecular weight is 286 g/mol. The molecular formula is C8H7BrF3NO2. The van der Waals surface area contributed by atoms with Crippen LogP contribution >= 0.6 is 15.9 Å². The van der Waals surface area contributed by atoms with Crippen LogP contribution in [0.5, 0.6) is 11.5 Å². The zero-order valence-corrected chi connectivity index (χ0v) is 9.15. The van der Waals surface area contributed by atoms with Gasteiger partial charge >= 0.3 is 6.36 Å². The molecule has 0 atom stereocenters. The van der Waals surface area contributed by atoms with Crippen molar-refractivity contribution in [2.75, 3.05) is 12.8 Å². The molecule has 7 heteroatoms. The van der Waals surface area contributed by atoms with Crippen LogP contribution in [0.25, 0.3) is 0 Å². The largest absolute Gasteiger partial charge is 0.573 e. The van der Waals surface area contributed by atoms with Gasteiger partial charge in [0.1, 0.15) is 0 Å². The van der Waals surface area contributed by atoms with Crippen molar-refractivity contribution >= 4 is 21.6 Å². The summed E-state index contributed by atoms with van der Waals surface area (Å²) in [5.41, 5.74) is 5.20. The molecule has 0 unspecified atom stereocenters. The van der Waals surface area contributed by atoms with Crippen LogP contribution in [0, 0.1) is 0 Å². The molecule has 3 nitrogen and oxygen atoms in total. The number of ether oxygens (including phenoxy) is 2. The van der Waals surface area contributed by atoms with Crippen molar-refractivity contribution in [3.63, 3.8) is 0 Å². The van der Waals surface area contributed by atoms with Crippen molar-refractivity contribution in [3.8, 4) is 11.5 Å². The third-order valence-corrected chi connectivity index (χ3v) is 2.14. The van der Waals surface area contributed by atoms with Crippen molar-refractivity contribution in [3.05, 3.63) is 16.6 Å². The molecule has 0 aromatic heterocycles. The number of alkyl halides is 3. The number of hydrogen-bond acceptors (Lipinski definition) is 3. The fraction of sp³-hybridized carbons (Fsp3) is 0.250. The van der Waals surface area contributed by atoms with Gasteiger partial charge in [-0.2, -0.15) is 0 Å². The van der Waals surface area contributed by atoms with E-state index >= 15 is 0 Å². The Labute approximate surface area is 92.1 Å². The molecule has 0 aliphatic heterocycles. The maximum absolute atomic E-state index is 12.0. The first-order valence-corrected chi connectivity index (χ1v) is 4.52. The first kappa shape index (κ1) is 12.0. The van der Waals surface area contributed by atoms with E-state index in [-0.39, 0.29) is 11.4 Å². The summed E-state index contributed by atoms with van der Waals surface area (Å²) in [6, 6.07) is 2.76. The third kappa shape index (κ3) is 2.92. The second-order valence-electron chi connectivity index (χ2n) is 2.55. The molecular weight excluding hydrogens is 279 g/mol. The Morgan fingerprint density at radius 1 is 1.27 bits per heavy atom. The van der Waals surface area contributed by atoms with Crippen molar-refractivity contribution in [1.29, 1.82) is 0 Å². The number of methoxy groups -OCH3 is 1. The van der Waals surface area contributed by atoms with Crippen LogP contribution in [0.4, 0.5) is 18.9 Å². The summed E-state index contributed by atoms with van der Waals surface area (Å²) in [4.78, 5) is 0. The van der Waals surface area contributed by atoms with E-state index in [4.69, 9.17) is 10.5 Å². The van der Waals surface area contributed by atoms with Crippen LogP contribution in [0.1, 0.15) is 0 Å². The Bertz CT molecular complexity index is 368. The topological polar surface area (TPSA) is 44.5 Å². The van der Waals surface area contributed by atoms with E-state index in [0.29, 0.717) is 4.47 Å². The van der Waals surface area contributed by atoms with E-state index in [9.17, 15) is 13.2 Å². The van der Waals surface area contributed by atoms with Gasteiger partial charge in [-0.15, -0.1) is 13.2 Å². The molecule has 0 saturated carbocycles. The Hall–Kier alpha value is -1.11. The van der Waals surface area contributed by atoms with Crippen LogP contribution in [0.15, 0.2) is 16.6 Å². The number of benzene rings is 1. The number of nitrogen functional groups attached to an aromatic ring is 1. The SMILES string of the molecule is COc1c(Br)ccc(N)c1OC(F)(F)F. The summed E-state index contributed by atoms with van der Waals surface area (Å²) in [6.07, 6.45) is -4.80. The fourth-order valence-corrected chi connectivity index (χ4v) is 1.44. The third-order valence-electron chi connectivity index (χ3n) is 1.52.